The van der Waals surface area contributed by atoms with Crippen LogP contribution in [0.2, 0.25) is 0 Å². The van der Waals surface area contributed by atoms with Crippen LogP contribution in [-0.2, 0) is 9.53 Å². The van der Waals surface area contributed by atoms with Crippen molar-refractivity contribution < 1.29 is 41.0 Å². The highest BCUT2D eigenvalue weighted by atomic mass is 19.4. The third-order valence-electron chi connectivity index (χ3n) is 6.13. The first-order valence-corrected chi connectivity index (χ1v) is 10.8. The molecule has 0 spiro atoms. The van der Waals surface area contributed by atoms with Crippen molar-refractivity contribution >= 4 is 17.5 Å². The van der Waals surface area contributed by atoms with Crippen molar-refractivity contribution in [2.45, 2.75) is 57.6 Å². The molecule has 35 heavy (non-hydrogen) atoms. The van der Waals surface area contributed by atoms with E-state index in [0.717, 1.165) is 19.1 Å². The molecule has 2 aromatic carbocycles. The molecule has 1 aliphatic heterocycles. The first kappa shape index (κ1) is 26.4. The number of amides is 2. The number of primary amides is 1. The molecular weight excluding hydrogens is 475 g/mol. The number of hydrogen-bond acceptors (Lipinski definition) is 4. The molecule has 4 atom stereocenters. The van der Waals surface area contributed by atoms with Gasteiger partial charge in [0.05, 0.1) is 6.10 Å². The van der Waals surface area contributed by atoms with E-state index in [9.17, 15) is 31.5 Å². The van der Waals surface area contributed by atoms with E-state index in [1.807, 2.05) is 0 Å². The highest BCUT2D eigenvalue weighted by Gasteiger charge is 2.66. The summed E-state index contributed by atoms with van der Waals surface area (Å²) in [7, 11) is 0. The summed E-state index contributed by atoms with van der Waals surface area (Å²) < 4.78 is 81.7. The van der Waals surface area contributed by atoms with Gasteiger partial charge in [-0.1, -0.05) is 19.1 Å². The Labute approximate surface area is 198 Å². The summed E-state index contributed by atoms with van der Waals surface area (Å²) in [5.41, 5.74) is 2.47. The molecule has 0 bridgehead atoms. The van der Waals surface area contributed by atoms with Gasteiger partial charge < -0.3 is 20.5 Å². The minimum atomic E-state index is -4.89. The number of hydrogen-bond donors (Lipinski definition) is 2. The minimum Gasteiger partial charge on any atom is -0.488 e. The predicted octanol–water partition coefficient (Wildman–Crippen LogP) is 4.93. The highest BCUT2D eigenvalue weighted by Crippen LogP contribution is 2.55. The Kier molecular flexibility index (Phi) is 7.12. The molecule has 0 unspecified atom stereocenters. The van der Waals surface area contributed by atoms with E-state index in [1.165, 1.54) is 31.2 Å². The third-order valence-corrected chi connectivity index (χ3v) is 6.13. The number of carbonyl (C=O) groups is 2. The van der Waals surface area contributed by atoms with Gasteiger partial charge in [-0.3, -0.25) is 9.59 Å². The van der Waals surface area contributed by atoms with Crippen LogP contribution >= 0.6 is 0 Å². The molecule has 0 aliphatic carbocycles. The SMILES string of the molecule is CC(C)Oc1c([C@@H]2[C@@H](C(=O)Nc3cccc(C(N)=O)c3)O[C@](C)(C(F)(F)F)[C@@H]2C)ccc(F)c1F. The maximum Gasteiger partial charge on any atom is 0.417 e. The maximum absolute atomic E-state index is 14.7. The van der Waals surface area contributed by atoms with Gasteiger partial charge >= 0.3 is 6.18 Å². The average Bonchev–Trinajstić information content (AvgIpc) is 3.04. The summed E-state index contributed by atoms with van der Waals surface area (Å²) in [6.07, 6.45) is -7.28. The fourth-order valence-electron chi connectivity index (χ4n) is 4.15. The standard InChI is InChI=1S/C24H25F5N2O4/c1-11(2)34-19-15(8-9-16(25)18(19)26)17-12(3)23(4,24(27,28)29)35-20(17)22(33)31-14-7-5-6-13(10-14)21(30)32/h5-12,17,20H,1-4H3,(H2,30,32)(H,31,33)/t12-,17-,20+,23+/m1/s1. The second-order valence-electron chi connectivity index (χ2n) is 8.84. The van der Waals surface area contributed by atoms with Crippen LogP contribution in [0.3, 0.4) is 0 Å². The van der Waals surface area contributed by atoms with E-state index in [1.54, 1.807) is 13.8 Å². The van der Waals surface area contributed by atoms with E-state index in [2.05, 4.69) is 5.32 Å². The van der Waals surface area contributed by atoms with Crippen LogP contribution in [0.15, 0.2) is 36.4 Å². The van der Waals surface area contributed by atoms with Crippen molar-refractivity contribution in [3.8, 4) is 5.75 Å². The van der Waals surface area contributed by atoms with Crippen LogP contribution in [0.4, 0.5) is 27.6 Å². The van der Waals surface area contributed by atoms with E-state index in [0.29, 0.717) is 0 Å². The van der Waals surface area contributed by atoms with E-state index >= 15 is 0 Å². The lowest BCUT2D eigenvalue weighted by Crippen LogP contribution is -2.47. The number of anilines is 1. The zero-order valence-corrected chi connectivity index (χ0v) is 19.4. The van der Waals surface area contributed by atoms with Crippen LogP contribution in [0, 0.1) is 17.6 Å². The van der Waals surface area contributed by atoms with Crippen LogP contribution in [0.1, 0.15) is 49.5 Å². The Morgan fingerprint density at radius 3 is 2.40 bits per heavy atom. The summed E-state index contributed by atoms with van der Waals surface area (Å²) in [6.45, 7) is 5.10. The largest absolute Gasteiger partial charge is 0.488 e. The number of rotatable bonds is 6. The monoisotopic (exact) mass is 500 g/mol. The fraction of sp³-hybridized carbons (Fsp3) is 0.417. The summed E-state index contributed by atoms with van der Waals surface area (Å²) in [5, 5.41) is 2.43. The number of nitrogens with two attached hydrogens (primary N) is 1. The van der Waals surface area contributed by atoms with Gasteiger partial charge in [-0.05, 0) is 45.0 Å². The van der Waals surface area contributed by atoms with Gasteiger partial charge in [0.2, 0.25) is 11.7 Å². The van der Waals surface area contributed by atoms with Crippen LogP contribution in [0.25, 0.3) is 0 Å². The van der Waals surface area contributed by atoms with Crippen molar-refractivity contribution in [3.63, 3.8) is 0 Å². The molecule has 3 rings (SSSR count). The Bertz CT molecular complexity index is 1140. The van der Waals surface area contributed by atoms with E-state index in [4.69, 9.17) is 15.2 Å². The van der Waals surface area contributed by atoms with Crippen molar-refractivity contribution in [2.24, 2.45) is 11.7 Å². The van der Waals surface area contributed by atoms with Crippen molar-refractivity contribution in [2.75, 3.05) is 5.32 Å². The Hall–Kier alpha value is -3.21. The molecule has 3 N–H and O–H groups in total. The molecule has 1 heterocycles. The predicted molar refractivity (Wildman–Crippen MR) is 117 cm³/mol. The second kappa shape index (κ2) is 9.44. The molecule has 11 heteroatoms. The minimum absolute atomic E-state index is 0.0633. The number of alkyl halides is 3. The van der Waals surface area contributed by atoms with Gasteiger partial charge in [0, 0.05) is 28.7 Å². The third kappa shape index (κ3) is 4.95. The normalized spacial score (nSPS) is 24.5. The summed E-state index contributed by atoms with van der Waals surface area (Å²) >= 11 is 0. The summed E-state index contributed by atoms with van der Waals surface area (Å²) in [6, 6.07) is 7.34. The summed E-state index contributed by atoms with van der Waals surface area (Å²) in [4.78, 5) is 24.6. The Morgan fingerprint density at radius 1 is 1.17 bits per heavy atom. The molecule has 0 saturated carbocycles. The van der Waals surface area contributed by atoms with Gasteiger partial charge in [-0.2, -0.15) is 17.6 Å². The first-order chi connectivity index (χ1) is 16.2. The molecular formula is C24H25F5N2O4. The zero-order valence-electron chi connectivity index (χ0n) is 19.4. The molecule has 1 aliphatic rings. The molecule has 6 nitrogen and oxygen atoms in total. The highest BCUT2D eigenvalue weighted by molar-refractivity contribution is 5.98. The molecule has 2 amide bonds. The topological polar surface area (TPSA) is 90.6 Å². The number of ether oxygens (including phenoxy) is 2. The molecule has 0 radical (unpaired) electrons. The number of halogens is 5. The molecule has 190 valence electrons. The quantitative estimate of drug-likeness (QED) is 0.551. The van der Waals surface area contributed by atoms with Gasteiger partial charge in [-0.25, -0.2) is 4.39 Å². The van der Waals surface area contributed by atoms with E-state index in [-0.39, 0.29) is 16.8 Å². The van der Waals surface area contributed by atoms with Gasteiger partial charge in [-0.15, -0.1) is 0 Å². The van der Waals surface area contributed by atoms with Crippen LogP contribution in [-0.4, -0.2) is 35.8 Å². The van der Waals surface area contributed by atoms with Crippen molar-refractivity contribution in [1.29, 1.82) is 0 Å². The lowest BCUT2D eigenvalue weighted by Gasteiger charge is -2.32. The lowest BCUT2D eigenvalue weighted by atomic mass is 9.77. The van der Waals surface area contributed by atoms with Crippen molar-refractivity contribution in [1.82, 2.24) is 0 Å². The van der Waals surface area contributed by atoms with Crippen molar-refractivity contribution in [3.05, 3.63) is 59.2 Å². The number of nitrogens with one attached hydrogen (secondary N) is 1. The molecule has 2 aromatic rings. The van der Waals surface area contributed by atoms with Gasteiger partial charge in [0.1, 0.15) is 6.10 Å². The average molecular weight is 500 g/mol. The first-order valence-electron chi connectivity index (χ1n) is 10.8. The zero-order chi connectivity index (χ0) is 26.3. The maximum atomic E-state index is 14.7. The number of benzene rings is 2. The smallest absolute Gasteiger partial charge is 0.417 e. The molecule has 1 fully saturated rings. The Balaban J connectivity index is 2.10. The van der Waals surface area contributed by atoms with Crippen LogP contribution in [0.5, 0.6) is 5.75 Å². The Morgan fingerprint density at radius 2 is 1.83 bits per heavy atom. The molecule has 0 aromatic heterocycles. The second-order valence-corrected chi connectivity index (χ2v) is 8.84. The summed E-state index contributed by atoms with van der Waals surface area (Å²) in [5.74, 6) is -7.71. The van der Waals surface area contributed by atoms with Gasteiger partial charge in [0.25, 0.3) is 5.91 Å². The lowest BCUT2D eigenvalue weighted by molar-refractivity contribution is -0.272. The van der Waals surface area contributed by atoms with Crippen LogP contribution < -0.4 is 15.8 Å². The number of carbonyl (C=O) groups excluding carboxylic acids is 2. The fourth-order valence-corrected chi connectivity index (χ4v) is 4.15. The van der Waals surface area contributed by atoms with Gasteiger partial charge in [0.15, 0.2) is 17.2 Å². The van der Waals surface area contributed by atoms with E-state index < -0.39 is 65.0 Å². The molecule has 1 saturated heterocycles.